The first-order valence-electron chi connectivity index (χ1n) is 7.14. The lowest BCUT2D eigenvalue weighted by atomic mass is 10.1. The fourth-order valence-electron chi connectivity index (χ4n) is 2.70. The summed E-state index contributed by atoms with van der Waals surface area (Å²) in [5.41, 5.74) is 3.45. The van der Waals surface area contributed by atoms with E-state index >= 15 is 0 Å². The van der Waals surface area contributed by atoms with E-state index in [0.717, 1.165) is 23.5 Å². The molecule has 0 amide bonds. The van der Waals surface area contributed by atoms with Crippen molar-refractivity contribution in [1.82, 2.24) is 4.31 Å². The minimum absolute atomic E-state index is 0.0889. The summed E-state index contributed by atoms with van der Waals surface area (Å²) in [5, 5.41) is 0. The fourth-order valence-corrected chi connectivity index (χ4v) is 4.43. The monoisotopic (exact) mass is 366 g/mol. The number of nitrogens with zero attached hydrogens (tertiary/aromatic N) is 1. The van der Waals surface area contributed by atoms with Crippen molar-refractivity contribution in [1.29, 1.82) is 0 Å². The van der Waals surface area contributed by atoms with Crippen LogP contribution >= 0.6 is 0 Å². The van der Waals surface area contributed by atoms with Crippen molar-refractivity contribution in [2.45, 2.75) is 30.0 Å². The summed E-state index contributed by atoms with van der Waals surface area (Å²) < 4.78 is 70.3. The highest BCUT2D eigenvalue weighted by molar-refractivity contribution is 7.89. The molecule has 1 heterocycles. The van der Waals surface area contributed by atoms with E-state index in [2.05, 4.69) is 4.74 Å². The van der Waals surface area contributed by atoms with Gasteiger partial charge in [-0.05, 0) is 31.0 Å². The van der Waals surface area contributed by atoms with Crippen LogP contribution in [0, 0.1) is 0 Å². The molecule has 134 valence electrons. The first-order chi connectivity index (χ1) is 11.1. The number of nitrogens with two attached hydrogens (primary N) is 1. The molecule has 10 heteroatoms. The van der Waals surface area contributed by atoms with Crippen LogP contribution in [0.5, 0.6) is 0 Å². The van der Waals surface area contributed by atoms with Crippen LogP contribution in [0.3, 0.4) is 0 Å². The summed E-state index contributed by atoms with van der Waals surface area (Å²) in [6, 6.07) is 1.82. The molecule has 0 radical (unpaired) electrons. The van der Waals surface area contributed by atoms with Crippen LogP contribution in [-0.2, 0) is 20.9 Å². The molecule has 0 aromatic heterocycles. The number of carbonyl (C=O) groups excluding carboxylic acids is 1. The first kappa shape index (κ1) is 18.7. The highest BCUT2D eigenvalue weighted by atomic mass is 32.2. The number of ether oxygens (including phenoxy) is 1. The third kappa shape index (κ3) is 3.40. The second-order valence-electron chi connectivity index (χ2n) is 5.34. The Labute approximate surface area is 137 Å². The van der Waals surface area contributed by atoms with Crippen molar-refractivity contribution in [3.05, 3.63) is 29.3 Å². The number of alkyl halides is 3. The van der Waals surface area contributed by atoms with E-state index in [1.54, 1.807) is 0 Å². The van der Waals surface area contributed by atoms with E-state index < -0.39 is 44.2 Å². The molecule has 1 aliphatic heterocycles. The SMILES string of the molecule is COC(=O)c1ccc(S(=O)(=O)N2CCCC2CN)cc1C(F)(F)F. The van der Waals surface area contributed by atoms with Crippen LogP contribution in [0.2, 0.25) is 0 Å². The molecular formula is C14H17F3N2O4S. The van der Waals surface area contributed by atoms with Gasteiger partial charge in [-0.1, -0.05) is 0 Å². The zero-order valence-corrected chi connectivity index (χ0v) is 13.7. The molecule has 2 rings (SSSR count). The van der Waals surface area contributed by atoms with Crippen molar-refractivity contribution >= 4 is 16.0 Å². The molecule has 1 aromatic rings. The molecule has 0 saturated carbocycles. The van der Waals surface area contributed by atoms with E-state index in [4.69, 9.17) is 5.73 Å². The topological polar surface area (TPSA) is 89.7 Å². The maximum absolute atomic E-state index is 13.2. The second kappa shape index (κ2) is 6.69. The molecule has 0 spiro atoms. The molecule has 1 fully saturated rings. The van der Waals surface area contributed by atoms with Gasteiger partial charge >= 0.3 is 12.1 Å². The quantitative estimate of drug-likeness (QED) is 0.818. The van der Waals surface area contributed by atoms with E-state index in [-0.39, 0.29) is 13.1 Å². The van der Waals surface area contributed by atoms with Gasteiger partial charge in [-0.25, -0.2) is 13.2 Å². The minimum Gasteiger partial charge on any atom is -0.465 e. The summed E-state index contributed by atoms with van der Waals surface area (Å²) in [6.07, 6.45) is -3.75. The lowest BCUT2D eigenvalue weighted by Crippen LogP contribution is -2.40. The fraction of sp³-hybridized carbons (Fsp3) is 0.500. The zero-order chi connectivity index (χ0) is 18.1. The highest BCUT2D eigenvalue weighted by Crippen LogP contribution is 2.35. The van der Waals surface area contributed by atoms with Gasteiger partial charge in [0.2, 0.25) is 10.0 Å². The Bertz CT molecular complexity index is 734. The number of benzene rings is 1. The zero-order valence-electron chi connectivity index (χ0n) is 12.8. The Morgan fingerprint density at radius 1 is 1.42 bits per heavy atom. The van der Waals surface area contributed by atoms with Gasteiger partial charge in [0.15, 0.2) is 0 Å². The maximum atomic E-state index is 13.2. The van der Waals surface area contributed by atoms with Crippen molar-refractivity contribution in [3.8, 4) is 0 Å². The van der Waals surface area contributed by atoms with Gasteiger partial charge in [0.05, 0.1) is 23.1 Å². The van der Waals surface area contributed by atoms with Gasteiger partial charge < -0.3 is 10.5 Å². The van der Waals surface area contributed by atoms with E-state index in [0.29, 0.717) is 18.9 Å². The number of rotatable bonds is 4. The van der Waals surface area contributed by atoms with Crippen LogP contribution in [0.1, 0.15) is 28.8 Å². The van der Waals surface area contributed by atoms with Crippen LogP contribution in [0.25, 0.3) is 0 Å². The van der Waals surface area contributed by atoms with E-state index in [9.17, 15) is 26.4 Å². The smallest absolute Gasteiger partial charge is 0.417 e. The predicted molar refractivity (Wildman–Crippen MR) is 78.8 cm³/mol. The third-order valence-electron chi connectivity index (χ3n) is 3.90. The van der Waals surface area contributed by atoms with Crippen LogP contribution in [0.4, 0.5) is 13.2 Å². The number of hydrogen-bond acceptors (Lipinski definition) is 5. The Morgan fingerprint density at radius 3 is 2.62 bits per heavy atom. The number of halogens is 3. The molecular weight excluding hydrogens is 349 g/mol. The second-order valence-corrected chi connectivity index (χ2v) is 7.23. The van der Waals surface area contributed by atoms with Gasteiger partial charge in [0.1, 0.15) is 0 Å². The van der Waals surface area contributed by atoms with Crippen molar-refractivity contribution in [2.75, 3.05) is 20.2 Å². The molecule has 1 unspecified atom stereocenters. The molecule has 0 bridgehead atoms. The van der Waals surface area contributed by atoms with E-state index in [1.165, 1.54) is 0 Å². The number of carbonyl (C=O) groups is 1. The van der Waals surface area contributed by atoms with Crippen molar-refractivity contribution in [3.63, 3.8) is 0 Å². The van der Waals surface area contributed by atoms with Crippen LogP contribution < -0.4 is 5.73 Å². The van der Waals surface area contributed by atoms with Gasteiger partial charge in [0.25, 0.3) is 0 Å². The van der Waals surface area contributed by atoms with Gasteiger partial charge in [0, 0.05) is 19.1 Å². The summed E-state index contributed by atoms with van der Waals surface area (Å²) in [5.74, 6) is -1.19. The molecule has 6 nitrogen and oxygen atoms in total. The molecule has 2 N–H and O–H groups in total. The normalized spacial score (nSPS) is 19.5. The lowest BCUT2D eigenvalue weighted by Gasteiger charge is -2.23. The Kier molecular flexibility index (Phi) is 5.21. The summed E-state index contributed by atoms with van der Waals surface area (Å²) in [7, 11) is -3.18. The maximum Gasteiger partial charge on any atom is 0.417 e. The average molecular weight is 366 g/mol. The van der Waals surface area contributed by atoms with Gasteiger partial charge in [-0.3, -0.25) is 0 Å². The van der Waals surface area contributed by atoms with Crippen molar-refractivity contribution in [2.24, 2.45) is 5.73 Å². The minimum atomic E-state index is -4.90. The van der Waals surface area contributed by atoms with Gasteiger partial charge in [-0.15, -0.1) is 0 Å². The third-order valence-corrected chi connectivity index (χ3v) is 5.85. The number of esters is 1. The van der Waals surface area contributed by atoms with Gasteiger partial charge in [-0.2, -0.15) is 17.5 Å². The van der Waals surface area contributed by atoms with Crippen molar-refractivity contribution < 1.29 is 31.1 Å². The number of hydrogen-bond donors (Lipinski definition) is 1. The molecule has 1 saturated heterocycles. The van der Waals surface area contributed by atoms with Crippen LogP contribution in [-0.4, -0.2) is 44.9 Å². The average Bonchev–Trinajstić information content (AvgIpc) is 3.02. The molecule has 24 heavy (non-hydrogen) atoms. The predicted octanol–water partition coefficient (Wildman–Crippen LogP) is 1.60. The Hall–Kier alpha value is -1.65. The standard InChI is InChI=1S/C14H17F3N2O4S/c1-23-13(20)11-5-4-10(7-12(11)14(15,16)17)24(21,22)19-6-2-3-9(19)8-18/h4-5,7,9H,2-3,6,8,18H2,1H3. The number of methoxy groups -OCH3 is 1. The Morgan fingerprint density at radius 2 is 2.08 bits per heavy atom. The highest BCUT2D eigenvalue weighted by Gasteiger charge is 2.39. The molecule has 1 aliphatic rings. The number of sulfonamides is 1. The summed E-state index contributed by atoms with van der Waals surface area (Å²) >= 11 is 0. The summed E-state index contributed by atoms with van der Waals surface area (Å²) in [4.78, 5) is 11.0. The molecule has 1 aromatic carbocycles. The first-order valence-corrected chi connectivity index (χ1v) is 8.58. The Balaban J connectivity index is 2.54. The largest absolute Gasteiger partial charge is 0.465 e. The lowest BCUT2D eigenvalue weighted by molar-refractivity contribution is -0.138. The van der Waals surface area contributed by atoms with E-state index in [1.807, 2.05) is 0 Å². The summed E-state index contributed by atoms with van der Waals surface area (Å²) in [6.45, 7) is 0.288. The van der Waals surface area contributed by atoms with Crippen LogP contribution in [0.15, 0.2) is 23.1 Å². The molecule has 0 aliphatic carbocycles. The molecule has 1 atom stereocenters.